The Morgan fingerprint density at radius 1 is 1.14 bits per heavy atom. The summed E-state index contributed by atoms with van der Waals surface area (Å²) >= 11 is 0. The third-order valence-corrected chi connectivity index (χ3v) is 5.95. The van der Waals surface area contributed by atoms with E-state index in [9.17, 15) is 9.18 Å². The van der Waals surface area contributed by atoms with Crippen molar-refractivity contribution in [2.75, 3.05) is 6.54 Å². The Morgan fingerprint density at radius 2 is 1.86 bits per heavy atom. The Bertz CT molecular complexity index is 668. The molecule has 1 amide bonds. The molecule has 0 bridgehead atoms. The summed E-state index contributed by atoms with van der Waals surface area (Å²) < 4.78 is 14.4. The molecule has 1 aromatic carbocycles. The van der Waals surface area contributed by atoms with E-state index in [1.165, 1.54) is 38.2 Å². The number of halogens is 1. The molecule has 1 saturated carbocycles. The largest absolute Gasteiger partial charge is 0.348 e. The average molecular weight is 388 g/mol. The fourth-order valence-corrected chi connectivity index (χ4v) is 4.31. The molecule has 2 aliphatic rings. The van der Waals surface area contributed by atoms with Crippen molar-refractivity contribution in [3.8, 4) is 0 Å². The van der Waals surface area contributed by atoms with Crippen molar-refractivity contribution in [1.29, 1.82) is 0 Å². The molecule has 1 unspecified atom stereocenters. The van der Waals surface area contributed by atoms with E-state index in [-0.39, 0.29) is 23.8 Å². The lowest BCUT2D eigenvalue weighted by Crippen LogP contribution is -2.39. The third kappa shape index (κ3) is 5.55. The fraction of sp³-hybridized carbons (Fsp3) is 0.652. The van der Waals surface area contributed by atoms with Gasteiger partial charge in [0.1, 0.15) is 11.5 Å². The van der Waals surface area contributed by atoms with Gasteiger partial charge in [-0.1, -0.05) is 70.1 Å². The van der Waals surface area contributed by atoms with Crippen molar-refractivity contribution in [3.05, 3.63) is 35.6 Å². The van der Waals surface area contributed by atoms with Crippen LogP contribution in [0.15, 0.2) is 29.4 Å². The summed E-state index contributed by atoms with van der Waals surface area (Å²) in [4.78, 5) is 12.9. The minimum atomic E-state index is -0.218. The lowest BCUT2D eigenvalue weighted by atomic mass is 9.96. The van der Waals surface area contributed by atoms with Crippen LogP contribution in [-0.4, -0.2) is 29.2 Å². The number of benzene rings is 1. The van der Waals surface area contributed by atoms with Crippen molar-refractivity contribution >= 4 is 11.6 Å². The Hall–Kier alpha value is -1.91. The van der Waals surface area contributed by atoms with E-state index in [0.717, 1.165) is 38.6 Å². The molecule has 1 atom stereocenters. The van der Waals surface area contributed by atoms with E-state index in [0.29, 0.717) is 17.7 Å². The number of carbonyl (C=O) groups is 1. The lowest BCUT2D eigenvalue weighted by molar-refractivity contribution is -0.115. The molecule has 0 saturated heterocycles. The average Bonchev–Trinajstić information content (AvgIpc) is 3.08. The molecule has 28 heavy (non-hydrogen) atoms. The van der Waals surface area contributed by atoms with Gasteiger partial charge in [-0.3, -0.25) is 9.80 Å². The van der Waals surface area contributed by atoms with Gasteiger partial charge < -0.3 is 5.32 Å². The zero-order valence-electron chi connectivity index (χ0n) is 17.1. The quantitative estimate of drug-likeness (QED) is 0.641. The van der Waals surface area contributed by atoms with Crippen LogP contribution in [0.4, 0.5) is 4.39 Å². The highest BCUT2D eigenvalue weighted by molar-refractivity contribution is 6.39. The van der Waals surface area contributed by atoms with E-state index >= 15 is 0 Å². The second-order valence-electron chi connectivity index (χ2n) is 8.17. The molecule has 1 fully saturated rings. The van der Waals surface area contributed by atoms with E-state index in [4.69, 9.17) is 0 Å². The molecule has 1 aliphatic heterocycles. The van der Waals surface area contributed by atoms with Crippen LogP contribution in [0.3, 0.4) is 0 Å². The topological polar surface area (TPSA) is 44.7 Å². The van der Waals surface area contributed by atoms with Gasteiger partial charge in [0, 0.05) is 24.6 Å². The second kappa shape index (κ2) is 10.6. The van der Waals surface area contributed by atoms with Crippen molar-refractivity contribution in [2.24, 2.45) is 5.10 Å². The number of hydrogen-bond acceptors (Lipinski definition) is 3. The Morgan fingerprint density at radius 3 is 2.57 bits per heavy atom. The molecule has 1 aromatic rings. The summed E-state index contributed by atoms with van der Waals surface area (Å²) in [6.07, 6.45) is 12.0. The molecule has 0 radical (unpaired) electrons. The lowest BCUT2D eigenvalue weighted by Gasteiger charge is -2.24. The molecule has 0 aromatic heterocycles. The maximum Gasteiger partial charge on any atom is 0.267 e. The summed E-state index contributed by atoms with van der Waals surface area (Å²) in [5.41, 5.74) is 1.18. The smallest absolute Gasteiger partial charge is 0.267 e. The van der Waals surface area contributed by atoms with Crippen molar-refractivity contribution < 1.29 is 9.18 Å². The van der Waals surface area contributed by atoms with Gasteiger partial charge in [-0.25, -0.2) is 4.39 Å². The van der Waals surface area contributed by atoms with Gasteiger partial charge >= 0.3 is 0 Å². The van der Waals surface area contributed by atoms with E-state index in [2.05, 4.69) is 17.3 Å². The summed E-state index contributed by atoms with van der Waals surface area (Å²) in [6.45, 7) is 2.92. The minimum Gasteiger partial charge on any atom is -0.348 e. The summed E-state index contributed by atoms with van der Waals surface area (Å²) in [5.74, 6) is -0.283. The Labute approximate surface area is 168 Å². The number of unbranched alkanes of at least 4 members (excludes halogenated alkanes) is 2. The minimum absolute atomic E-state index is 0.0649. The normalized spacial score (nSPS) is 21.1. The first-order chi connectivity index (χ1) is 13.7. The van der Waals surface area contributed by atoms with Crippen LogP contribution < -0.4 is 5.32 Å². The Balaban J connectivity index is 1.68. The first-order valence-corrected chi connectivity index (χ1v) is 11.1. The number of amides is 1. The molecule has 154 valence electrons. The zero-order chi connectivity index (χ0) is 19.8. The predicted molar refractivity (Wildman–Crippen MR) is 112 cm³/mol. The SMILES string of the molecule is CCCCCN1N=C(C(=O)NC2CCCCCCC2)CC1c1ccccc1F. The molecule has 0 spiro atoms. The Kier molecular flexibility index (Phi) is 7.87. The highest BCUT2D eigenvalue weighted by Crippen LogP contribution is 2.32. The summed E-state index contributed by atoms with van der Waals surface area (Å²) in [6, 6.07) is 6.94. The van der Waals surface area contributed by atoms with Crippen LogP contribution in [0.5, 0.6) is 0 Å². The maximum atomic E-state index is 14.4. The highest BCUT2D eigenvalue weighted by Gasteiger charge is 2.33. The van der Waals surface area contributed by atoms with Crippen LogP contribution in [0.1, 0.15) is 89.2 Å². The van der Waals surface area contributed by atoms with Crippen molar-refractivity contribution in [3.63, 3.8) is 0 Å². The second-order valence-corrected chi connectivity index (χ2v) is 8.17. The summed E-state index contributed by atoms with van der Waals surface area (Å²) in [5, 5.41) is 9.78. The molecular formula is C23H34FN3O. The first-order valence-electron chi connectivity index (χ1n) is 11.1. The monoisotopic (exact) mass is 387 g/mol. The first kappa shape index (κ1) is 20.8. The van der Waals surface area contributed by atoms with Crippen LogP contribution in [0.25, 0.3) is 0 Å². The maximum absolute atomic E-state index is 14.4. The summed E-state index contributed by atoms with van der Waals surface area (Å²) in [7, 11) is 0. The number of carbonyl (C=O) groups excluding carboxylic acids is 1. The zero-order valence-corrected chi connectivity index (χ0v) is 17.1. The van der Waals surface area contributed by atoms with Crippen LogP contribution in [0.2, 0.25) is 0 Å². The molecule has 4 nitrogen and oxygen atoms in total. The molecule has 1 heterocycles. The van der Waals surface area contributed by atoms with Gasteiger partial charge in [0.15, 0.2) is 0 Å². The molecule has 1 aliphatic carbocycles. The fourth-order valence-electron chi connectivity index (χ4n) is 4.31. The number of nitrogens with zero attached hydrogens (tertiary/aromatic N) is 2. The number of rotatable bonds is 7. The van der Waals surface area contributed by atoms with Gasteiger partial charge in [-0.2, -0.15) is 5.10 Å². The molecule has 3 rings (SSSR count). The molecular weight excluding hydrogens is 353 g/mol. The van der Waals surface area contributed by atoms with Crippen molar-refractivity contribution in [1.82, 2.24) is 10.3 Å². The van der Waals surface area contributed by atoms with E-state index < -0.39 is 0 Å². The number of hydrogen-bond donors (Lipinski definition) is 1. The van der Waals surface area contributed by atoms with Crippen LogP contribution in [-0.2, 0) is 4.79 Å². The van der Waals surface area contributed by atoms with Crippen LogP contribution in [0, 0.1) is 5.82 Å². The standard InChI is InChI=1S/C23H34FN3O/c1-2-3-11-16-27-22(19-14-9-10-15-20(19)24)17-21(26-27)23(28)25-18-12-7-5-4-6-8-13-18/h9-10,14-15,18,22H,2-8,11-13,16-17H2,1H3,(H,25,28). The number of hydrazone groups is 1. The van der Waals surface area contributed by atoms with Crippen molar-refractivity contribution in [2.45, 2.75) is 89.6 Å². The number of nitrogens with one attached hydrogen (secondary N) is 1. The van der Waals surface area contributed by atoms with E-state index in [1.54, 1.807) is 6.07 Å². The van der Waals surface area contributed by atoms with Gasteiger partial charge in [-0.15, -0.1) is 0 Å². The van der Waals surface area contributed by atoms with Gasteiger partial charge in [-0.05, 0) is 25.3 Å². The third-order valence-electron chi connectivity index (χ3n) is 5.95. The van der Waals surface area contributed by atoms with Gasteiger partial charge in [0.05, 0.1) is 6.04 Å². The van der Waals surface area contributed by atoms with Gasteiger partial charge in [0.25, 0.3) is 5.91 Å². The van der Waals surface area contributed by atoms with E-state index in [1.807, 2.05) is 17.1 Å². The molecule has 5 heteroatoms. The van der Waals surface area contributed by atoms with Gasteiger partial charge in [0.2, 0.25) is 0 Å². The predicted octanol–water partition coefficient (Wildman–Crippen LogP) is 5.35. The van der Waals surface area contributed by atoms with Crippen LogP contribution >= 0.6 is 0 Å². The molecule has 1 N–H and O–H groups in total. The highest BCUT2D eigenvalue weighted by atomic mass is 19.1.